The second kappa shape index (κ2) is 58.1. The predicted molar refractivity (Wildman–Crippen MR) is 619 cm³/mol. The minimum Gasteiger partial charge on any atom is -0.265 e. The van der Waals surface area contributed by atoms with E-state index in [9.17, 15) is 0 Å². The van der Waals surface area contributed by atoms with Gasteiger partial charge >= 0.3 is 0 Å². The van der Waals surface area contributed by atoms with E-state index in [1.54, 1.807) is 65.6 Å². The number of benzene rings is 11. The zero-order chi connectivity index (χ0) is 106. The summed E-state index contributed by atoms with van der Waals surface area (Å²) in [6.45, 7) is 44.7. The van der Waals surface area contributed by atoms with Crippen molar-refractivity contribution < 1.29 is 0 Å². The normalized spacial score (nSPS) is 11.1. The van der Waals surface area contributed by atoms with Crippen molar-refractivity contribution in [2.45, 2.75) is 198 Å². The van der Waals surface area contributed by atoms with Crippen LogP contribution >= 0.6 is 11.3 Å². The number of azo groups is 1. The topological polar surface area (TPSA) is 242 Å². The van der Waals surface area contributed by atoms with Gasteiger partial charge in [-0.15, -0.1) is 16.4 Å². The molecule has 9 aromatic heterocycles. The number of fused-ring (bicyclic) bond motifs is 1. The molecule has 149 heavy (non-hydrogen) atoms. The van der Waals surface area contributed by atoms with Gasteiger partial charge in [0, 0.05) is 94.7 Å². The number of H-pyrrole nitrogens is 2. The quantitative estimate of drug-likeness (QED) is 0.0721. The Morgan fingerprint density at radius 3 is 1.09 bits per heavy atom. The van der Waals surface area contributed by atoms with Crippen molar-refractivity contribution >= 4 is 27.3 Å². The molecule has 0 radical (unpaired) electrons. The van der Waals surface area contributed by atoms with Crippen molar-refractivity contribution in [3.63, 3.8) is 0 Å². The molecular weight excluding hydrogens is 1850 g/mol. The number of hydrogen-bond acceptors (Lipinski definition) is 17. The lowest BCUT2D eigenvalue weighted by molar-refractivity contribution is 0.800. The molecule has 21 rings (SSSR count). The molecule has 0 amide bonds. The summed E-state index contributed by atoms with van der Waals surface area (Å²) >= 11 is 1.75. The summed E-state index contributed by atoms with van der Waals surface area (Å²) in [5.41, 5.74) is 32.4. The van der Waals surface area contributed by atoms with E-state index in [-0.39, 0.29) is 0 Å². The molecule has 0 saturated heterocycles. The van der Waals surface area contributed by atoms with Gasteiger partial charge in [0.2, 0.25) is 0 Å². The molecule has 0 unspecified atom stereocenters. The van der Waals surface area contributed by atoms with Gasteiger partial charge in [0.15, 0.2) is 11.6 Å². The van der Waals surface area contributed by atoms with Crippen LogP contribution in [-0.2, 0) is 0 Å². The largest absolute Gasteiger partial charge is 0.265 e. The molecule has 0 spiro atoms. The number of aromatic nitrogens is 17. The highest BCUT2D eigenvalue weighted by atomic mass is 32.1. The predicted octanol–water partition coefficient (Wildman–Crippen LogP) is 34.4. The van der Waals surface area contributed by atoms with E-state index in [0.717, 1.165) is 85.0 Å². The van der Waals surface area contributed by atoms with Crippen LogP contribution in [0.1, 0.15) is 259 Å². The zero-order valence-corrected chi connectivity index (χ0v) is 90.5. The lowest BCUT2D eigenvalue weighted by Crippen LogP contribution is -1.95. The Hall–Kier alpha value is -16.3. The van der Waals surface area contributed by atoms with Gasteiger partial charge in [0.05, 0.1) is 64.3 Å². The summed E-state index contributed by atoms with van der Waals surface area (Å²) in [6, 6.07) is 110. The third-order valence-corrected chi connectivity index (χ3v) is 26.0. The zero-order valence-electron chi connectivity index (χ0n) is 89.7. The summed E-state index contributed by atoms with van der Waals surface area (Å²) in [4.78, 5) is 38.0. The van der Waals surface area contributed by atoms with Crippen LogP contribution in [0.4, 0.5) is 0 Å². The lowest BCUT2D eigenvalue weighted by atomic mass is 9.99. The van der Waals surface area contributed by atoms with Crippen LogP contribution in [0.5, 0.6) is 0 Å². The number of aromatic amines is 2. The molecule has 0 bridgehead atoms. The van der Waals surface area contributed by atoms with Crippen LogP contribution in [0.2, 0.25) is 0 Å². The molecule has 19 nitrogen and oxygen atoms in total. The van der Waals surface area contributed by atoms with Gasteiger partial charge in [-0.1, -0.05) is 398 Å². The Bertz CT molecular complexity index is 6460. The first-order valence-corrected chi connectivity index (χ1v) is 52.3. The number of thiazole rings is 1. The summed E-state index contributed by atoms with van der Waals surface area (Å²) < 4.78 is 3.00. The summed E-state index contributed by atoms with van der Waals surface area (Å²) in [5, 5.41) is 33.9. The Labute approximate surface area is 885 Å². The van der Waals surface area contributed by atoms with E-state index in [4.69, 9.17) is 0 Å². The molecule has 20 aromatic rings. The first-order valence-electron chi connectivity index (χ1n) is 51.5. The molecule has 0 saturated carbocycles. The molecule has 10 heterocycles. The summed E-state index contributed by atoms with van der Waals surface area (Å²) in [7, 11) is 0. The number of pyridine rings is 3. The fourth-order valence-electron chi connectivity index (χ4n) is 15.3. The molecule has 758 valence electrons. The highest BCUT2D eigenvalue weighted by Gasteiger charge is 2.14. The van der Waals surface area contributed by atoms with E-state index < -0.39 is 0 Å². The lowest BCUT2D eigenvalue weighted by Gasteiger charge is -2.06. The molecule has 1 aliphatic rings. The fraction of sp³-hybridized carbons (Fsp3) is 0.240. The SMILES string of the molecule is CC(C)c1ccc(-c2ccccn2)cc1.CC(C)c1ccc(-c2cccnc2)cc1.CC(C)c1ccc(-c2ccncc2)cc1.CC(C)c1ccc(-c2cn[nH]n2)cc1.CC(C)c1ccc(-c2cnccn2)cc1.CC(C)c1ccc(-c2nc3ccccc3s2)cc1.CC(C)c1ccc(-c2ncccn2)cc1.CC(C)c1ccc(-c2ncn[nH]2)cc1.CC(C)c1ccc(-n2ccnn2)cc1.CC(C)c1ccc(C2=CCN=N2)cc1. The van der Waals surface area contributed by atoms with Crippen LogP contribution in [-0.4, -0.2) is 92.0 Å². The first-order chi connectivity index (χ1) is 72.2. The molecule has 20 heteroatoms. The van der Waals surface area contributed by atoms with Crippen LogP contribution < -0.4 is 0 Å². The van der Waals surface area contributed by atoms with Crippen LogP contribution in [0, 0.1) is 0 Å². The molecule has 1 aliphatic heterocycles. The maximum absolute atomic E-state index is 4.68. The minimum absolute atomic E-state index is 0.566. The number of rotatable bonds is 20. The third-order valence-electron chi connectivity index (χ3n) is 24.9. The average molecular weight is 1990 g/mol. The van der Waals surface area contributed by atoms with Gasteiger partial charge in [0.25, 0.3) is 0 Å². The van der Waals surface area contributed by atoms with Crippen LogP contribution in [0.25, 0.3) is 111 Å². The maximum atomic E-state index is 4.68. The molecule has 2 N–H and O–H groups in total. The number of nitrogens with zero attached hydrogens (tertiary/aromatic N) is 17. The van der Waals surface area contributed by atoms with Gasteiger partial charge in [-0.25, -0.2) is 24.6 Å². The van der Waals surface area contributed by atoms with Gasteiger partial charge in [-0.2, -0.15) is 30.7 Å². The van der Waals surface area contributed by atoms with Crippen molar-refractivity contribution in [1.82, 2.24) is 85.5 Å². The number of nitrogens with one attached hydrogen (secondary N) is 2. The Kier molecular flexibility index (Phi) is 43.5. The van der Waals surface area contributed by atoms with Crippen molar-refractivity contribution in [1.29, 1.82) is 0 Å². The van der Waals surface area contributed by atoms with Crippen molar-refractivity contribution in [2.75, 3.05) is 6.54 Å². The number of hydrogen-bond donors (Lipinski definition) is 2. The van der Waals surface area contributed by atoms with E-state index in [1.165, 1.54) is 100 Å². The minimum atomic E-state index is 0.566. The third kappa shape index (κ3) is 35.2. The second-order valence-corrected chi connectivity index (χ2v) is 40.2. The van der Waals surface area contributed by atoms with Gasteiger partial charge in [0.1, 0.15) is 17.0 Å². The molecule has 0 atom stereocenters. The van der Waals surface area contributed by atoms with Crippen LogP contribution in [0.15, 0.2) is 419 Å². The monoisotopic (exact) mass is 1990 g/mol. The van der Waals surface area contributed by atoms with E-state index in [1.807, 2.05) is 85.6 Å². The standard InChI is InChI=1S/C16H15NS.3C14H15N.2C13H14N2.C12H14N2.3C11H13N3/c1-11(2)12-7-9-13(10-8-12)16-17-14-5-3-4-6-15(14)18-16;1-11(2)12-3-5-13(6-4-12)14-7-9-15-10-8-14;1-11(2)12-5-7-13(8-6-12)14-4-3-9-15-10-14;1-11(2)12-6-8-13(9-7-12)14-5-3-4-10-15-14;1-10(2)11-4-6-12(7-5-11)13-14-8-3-9-15-13;1-10(2)11-3-5-12(6-4-11)13-9-14-7-8-15-13;1-9(2)10-3-5-11(6-4-10)12-7-8-13-14-12;1-9(2)10-3-5-11(6-4-10)14-8-7-12-13-14;1-8(2)9-3-5-10(6-4-9)11-12-7-13-14-11;1-8(2)9-3-5-10(6-4-9)11-7-12-14-13-11/h3-11H,1-2H3;3*3-11H,1-2H3;2*3-10H,1-2H3;3-7,9H,8H2,1-2H3;3-9H,1-2H3;2*3-8H,1-2H3,(H,12,13,14). The highest BCUT2D eigenvalue weighted by Crippen LogP contribution is 2.34. The van der Waals surface area contributed by atoms with Gasteiger partial charge in [-0.05, 0) is 204 Å². The van der Waals surface area contributed by atoms with E-state index >= 15 is 0 Å². The van der Waals surface area contributed by atoms with Crippen molar-refractivity contribution in [3.05, 3.63) is 470 Å². The maximum Gasteiger partial charge on any atom is 0.159 e. The van der Waals surface area contributed by atoms with Crippen LogP contribution in [0.3, 0.4) is 0 Å². The molecule has 0 aliphatic carbocycles. The molecule has 11 aromatic carbocycles. The highest BCUT2D eigenvalue weighted by molar-refractivity contribution is 7.21. The summed E-state index contributed by atoms with van der Waals surface area (Å²) in [5.74, 6) is 7.38. The Morgan fingerprint density at radius 2 is 0.691 bits per heavy atom. The molecule has 0 fully saturated rings. The number of para-hydroxylation sites is 1. The molecular formula is C129H141N19S. The first kappa shape index (κ1) is 111. The smallest absolute Gasteiger partial charge is 0.159 e. The van der Waals surface area contributed by atoms with Crippen molar-refractivity contribution in [3.8, 4) is 95.1 Å². The average Bonchev–Trinajstić information content (AvgIpc) is 1.69. The van der Waals surface area contributed by atoms with Gasteiger partial charge in [-0.3, -0.25) is 30.0 Å². The van der Waals surface area contributed by atoms with E-state index in [0.29, 0.717) is 59.2 Å². The van der Waals surface area contributed by atoms with E-state index in [2.05, 4.69) is 496 Å². The Morgan fingerprint density at radius 1 is 0.282 bits per heavy atom. The second-order valence-electron chi connectivity index (χ2n) is 39.1. The summed E-state index contributed by atoms with van der Waals surface area (Å²) in [6.07, 6.45) is 26.7. The fourth-order valence-corrected chi connectivity index (χ4v) is 16.3. The van der Waals surface area contributed by atoms with Crippen molar-refractivity contribution in [2.24, 2.45) is 10.2 Å². The Balaban J connectivity index is 0.000000147. The van der Waals surface area contributed by atoms with Gasteiger partial charge < -0.3 is 0 Å².